The van der Waals surface area contributed by atoms with E-state index < -0.39 is 11.9 Å². The number of carbonyl (C=O) groups is 1. The van der Waals surface area contributed by atoms with Crippen molar-refractivity contribution in [3.8, 4) is 6.07 Å². The highest BCUT2D eigenvalue weighted by Gasteiger charge is 2.18. The zero-order valence-corrected chi connectivity index (χ0v) is 12.4. The first-order valence-corrected chi connectivity index (χ1v) is 6.55. The Morgan fingerprint density at radius 3 is 2.85 bits per heavy atom. The number of benzene rings is 1. The number of ether oxygens (including phenoxy) is 2. The Kier molecular flexibility index (Phi) is 7.34. The summed E-state index contributed by atoms with van der Waals surface area (Å²) in [6, 6.07) is 5.99. The molecule has 0 bridgehead atoms. The molecule has 1 rings (SSSR count). The number of nitrogens with one attached hydrogen (secondary N) is 1. The number of nitriles is 1. The van der Waals surface area contributed by atoms with Crippen LogP contribution in [0.1, 0.15) is 11.6 Å². The van der Waals surface area contributed by atoms with Gasteiger partial charge in [0.05, 0.1) is 29.3 Å². The number of methoxy groups -OCH3 is 1. The van der Waals surface area contributed by atoms with E-state index in [4.69, 9.17) is 37.9 Å². The van der Waals surface area contributed by atoms with E-state index in [1.165, 1.54) is 7.11 Å². The van der Waals surface area contributed by atoms with Crippen LogP contribution in [-0.4, -0.2) is 32.8 Å². The Morgan fingerprint density at radius 1 is 1.45 bits per heavy atom. The molecule has 0 aliphatic carbocycles. The van der Waals surface area contributed by atoms with Crippen molar-refractivity contribution in [3.63, 3.8) is 0 Å². The number of amides is 1. The van der Waals surface area contributed by atoms with Gasteiger partial charge in [-0.2, -0.15) is 5.26 Å². The predicted octanol–water partition coefficient (Wildman–Crippen LogP) is 2.34. The number of rotatable bonds is 7. The normalized spacial score (nSPS) is 11.7. The van der Waals surface area contributed by atoms with E-state index in [-0.39, 0.29) is 11.6 Å². The molecule has 0 heterocycles. The van der Waals surface area contributed by atoms with Crippen LogP contribution in [-0.2, 0) is 14.3 Å². The SMILES string of the molecule is COCCOCC(=O)N[C@@H](C#N)c1cccc(Cl)c1Cl. The third-order valence-electron chi connectivity index (χ3n) is 2.39. The van der Waals surface area contributed by atoms with Gasteiger partial charge in [0.1, 0.15) is 12.6 Å². The van der Waals surface area contributed by atoms with Crippen molar-refractivity contribution in [2.45, 2.75) is 6.04 Å². The zero-order chi connectivity index (χ0) is 15.0. The summed E-state index contributed by atoms with van der Waals surface area (Å²) in [5.74, 6) is -0.413. The second-order valence-electron chi connectivity index (χ2n) is 3.82. The Hall–Kier alpha value is -1.32. The molecule has 0 fully saturated rings. The highest BCUT2D eigenvalue weighted by atomic mass is 35.5. The van der Waals surface area contributed by atoms with E-state index in [1.54, 1.807) is 18.2 Å². The largest absolute Gasteiger partial charge is 0.382 e. The molecule has 0 aromatic heterocycles. The van der Waals surface area contributed by atoms with Crippen molar-refractivity contribution < 1.29 is 14.3 Å². The first kappa shape index (κ1) is 16.7. The first-order chi connectivity index (χ1) is 9.60. The predicted molar refractivity (Wildman–Crippen MR) is 75.7 cm³/mol. The maximum atomic E-state index is 11.6. The zero-order valence-electron chi connectivity index (χ0n) is 10.9. The summed E-state index contributed by atoms with van der Waals surface area (Å²) in [6.07, 6.45) is 0. The van der Waals surface area contributed by atoms with Gasteiger partial charge in [-0.3, -0.25) is 4.79 Å². The van der Waals surface area contributed by atoms with Crippen molar-refractivity contribution in [3.05, 3.63) is 33.8 Å². The quantitative estimate of drug-likeness (QED) is 0.784. The lowest BCUT2D eigenvalue weighted by atomic mass is 10.1. The topological polar surface area (TPSA) is 71.3 Å². The van der Waals surface area contributed by atoms with Crippen LogP contribution in [0.3, 0.4) is 0 Å². The number of carbonyl (C=O) groups excluding carboxylic acids is 1. The van der Waals surface area contributed by atoms with Gasteiger partial charge in [0, 0.05) is 12.7 Å². The third kappa shape index (κ3) is 4.99. The highest BCUT2D eigenvalue weighted by Crippen LogP contribution is 2.29. The molecule has 0 aliphatic rings. The average molecular weight is 317 g/mol. The Labute approximate surface area is 127 Å². The Morgan fingerprint density at radius 2 is 2.20 bits per heavy atom. The number of halogens is 2. The minimum Gasteiger partial charge on any atom is -0.382 e. The molecule has 0 aliphatic heterocycles. The molecule has 0 spiro atoms. The van der Waals surface area contributed by atoms with Gasteiger partial charge in [-0.25, -0.2) is 0 Å². The van der Waals surface area contributed by atoms with Crippen LogP contribution in [0.15, 0.2) is 18.2 Å². The molecule has 1 aromatic rings. The van der Waals surface area contributed by atoms with E-state index in [0.717, 1.165) is 0 Å². The van der Waals surface area contributed by atoms with Crippen LogP contribution in [0, 0.1) is 11.3 Å². The van der Waals surface area contributed by atoms with Crippen LogP contribution in [0.25, 0.3) is 0 Å². The number of hydrogen-bond donors (Lipinski definition) is 1. The summed E-state index contributed by atoms with van der Waals surface area (Å²) < 4.78 is 9.85. The van der Waals surface area contributed by atoms with Gasteiger partial charge in [0.2, 0.25) is 5.91 Å². The molecule has 1 N–H and O–H groups in total. The van der Waals surface area contributed by atoms with E-state index >= 15 is 0 Å². The van der Waals surface area contributed by atoms with Gasteiger partial charge in [0.25, 0.3) is 0 Å². The van der Waals surface area contributed by atoms with Gasteiger partial charge < -0.3 is 14.8 Å². The summed E-state index contributed by atoms with van der Waals surface area (Å²) in [7, 11) is 1.54. The van der Waals surface area contributed by atoms with Crippen molar-refractivity contribution >= 4 is 29.1 Å². The van der Waals surface area contributed by atoms with Crippen molar-refractivity contribution in [2.24, 2.45) is 0 Å². The van der Waals surface area contributed by atoms with Gasteiger partial charge in [-0.15, -0.1) is 0 Å². The monoisotopic (exact) mass is 316 g/mol. The molecule has 108 valence electrons. The Bertz CT molecular complexity index is 503. The molecule has 5 nitrogen and oxygen atoms in total. The van der Waals surface area contributed by atoms with Crippen LogP contribution < -0.4 is 5.32 Å². The summed E-state index contributed by atoms with van der Waals surface area (Å²) in [4.78, 5) is 11.6. The summed E-state index contributed by atoms with van der Waals surface area (Å²) in [6.45, 7) is 0.549. The molecule has 20 heavy (non-hydrogen) atoms. The molecular formula is C13H14Cl2N2O3. The second-order valence-corrected chi connectivity index (χ2v) is 4.60. The molecule has 0 saturated carbocycles. The fourth-order valence-corrected chi connectivity index (χ4v) is 1.85. The van der Waals surface area contributed by atoms with Crippen LogP contribution in [0.2, 0.25) is 10.0 Å². The van der Waals surface area contributed by atoms with Crippen molar-refractivity contribution in [2.75, 3.05) is 26.9 Å². The maximum Gasteiger partial charge on any atom is 0.247 e. The van der Waals surface area contributed by atoms with E-state index in [9.17, 15) is 4.79 Å². The molecule has 1 amide bonds. The molecule has 1 atom stereocenters. The maximum absolute atomic E-state index is 11.6. The summed E-state index contributed by atoms with van der Waals surface area (Å²) >= 11 is 11.9. The molecular weight excluding hydrogens is 303 g/mol. The van der Waals surface area contributed by atoms with Crippen LogP contribution in [0.5, 0.6) is 0 Å². The van der Waals surface area contributed by atoms with Crippen molar-refractivity contribution in [1.82, 2.24) is 5.32 Å². The Balaban J connectivity index is 2.61. The smallest absolute Gasteiger partial charge is 0.247 e. The molecule has 1 aromatic carbocycles. The second kappa shape index (κ2) is 8.77. The third-order valence-corrected chi connectivity index (χ3v) is 3.23. The minimum atomic E-state index is -0.875. The highest BCUT2D eigenvalue weighted by molar-refractivity contribution is 6.42. The summed E-state index contributed by atoms with van der Waals surface area (Å²) in [5, 5.41) is 12.2. The average Bonchev–Trinajstić information content (AvgIpc) is 2.44. The lowest BCUT2D eigenvalue weighted by Crippen LogP contribution is -2.31. The fraction of sp³-hybridized carbons (Fsp3) is 0.385. The molecule has 0 saturated heterocycles. The minimum absolute atomic E-state index is 0.153. The first-order valence-electron chi connectivity index (χ1n) is 5.79. The van der Waals surface area contributed by atoms with Crippen LogP contribution >= 0.6 is 23.2 Å². The van der Waals surface area contributed by atoms with Crippen LogP contribution in [0.4, 0.5) is 0 Å². The fourth-order valence-electron chi connectivity index (χ4n) is 1.43. The van der Waals surface area contributed by atoms with Gasteiger partial charge in [-0.05, 0) is 6.07 Å². The van der Waals surface area contributed by atoms with E-state index in [2.05, 4.69) is 5.32 Å². The number of nitrogens with zero attached hydrogens (tertiary/aromatic N) is 1. The standard InChI is InChI=1S/C13H14Cl2N2O3/c1-19-5-6-20-8-12(18)17-11(7-16)9-3-2-4-10(14)13(9)15/h2-4,11H,5-6,8H2,1H3,(H,17,18)/t11-/m0/s1. The van der Waals surface area contributed by atoms with E-state index in [1.807, 2.05) is 6.07 Å². The van der Waals surface area contributed by atoms with Gasteiger partial charge in [-0.1, -0.05) is 35.3 Å². The molecule has 0 unspecified atom stereocenters. The van der Waals surface area contributed by atoms with Gasteiger partial charge in [0.15, 0.2) is 0 Å². The lowest BCUT2D eigenvalue weighted by Gasteiger charge is -2.14. The van der Waals surface area contributed by atoms with Crippen molar-refractivity contribution in [1.29, 1.82) is 5.26 Å². The van der Waals surface area contributed by atoms with Gasteiger partial charge >= 0.3 is 0 Å². The summed E-state index contributed by atoms with van der Waals surface area (Å²) in [5.41, 5.74) is 0.451. The number of hydrogen-bond acceptors (Lipinski definition) is 4. The molecule has 7 heteroatoms. The lowest BCUT2D eigenvalue weighted by molar-refractivity contribution is -0.126. The molecule has 0 radical (unpaired) electrons. The van der Waals surface area contributed by atoms with E-state index in [0.29, 0.717) is 23.8 Å².